The van der Waals surface area contributed by atoms with E-state index < -0.39 is 24.6 Å². The van der Waals surface area contributed by atoms with Crippen LogP contribution < -0.4 is 15.2 Å². The molecule has 0 saturated heterocycles. The Bertz CT molecular complexity index is 491. The summed E-state index contributed by atoms with van der Waals surface area (Å²) in [7, 11) is 2.42. The molecule has 0 fully saturated rings. The lowest BCUT2D eigenvalue weighted by atomic mass is 10.1. The first kappa shape index (κ1) is 16.0. The molecule has 0 aliphatic heterocycles. The quantitative estimate of drug-likeness (QED) is 0.820. The summed E-state index contributed by atoms with van der Waals surface area (Å²) in [5.74, 6) is -1.33. The molecule has 1 rings (SSSR count). The van der Waals surface area contributed by atoms with Gasteiger partial charge in [0.15, 0.2) is 0 Å². The molecule has 0 radical (unpaired) electrons. The number of hydrogen-bond donors (Lipinski definition) is 1. The molecule has 0 aromatic carbocycles. The summed E-state index contributed by atoms with van der Waals surface area (Å²) < 4.78 is 50.1. The summed E-state index contributed by atoms with van der Waals surface area (Å²) in [5.41, 5.74) is 5.57. The van der Waals surface area contributed by atoms with Crippen LogP contribution in [0.5, 0.6) is 11.6 Å². The molecule has 20 heavy (non-hydrogen) atoms. The number of carbonyl (C=O) groups is 1. The van der Waals surface area contributed by atoms with Crippen molar-refractivity contribution in [1.82, 2.24) is 4.98 Å². The molecule has 9 heteroatoms. The number of halogens is 3. The van der Waals surface area contributed by atoms with Gasteiger partial charge < -0.3 is 19.9 Å². The van der Waals surface area contributed by atoms with E-state index in [1.165, 1.54) is 7.11 Å². The molecule has 0 aliphatic carbocycles. The summed E-state index contributed by atoms with van der Waals surface area (Å²) >= 11 is 0. The number of alkyl halides is 3. The van der Waals surface area contributed by atoms with Gasteiger partial charge in [-0.25, -0.2) is 4.98 Å². The molecule has 0 atom stereocenters. The summed E-state index contributed by atoms with van der Waals surface area (Å²) in [6.45, 7) is -0.147. The second-order valence-electron chi connectivity index (χ2n) is 3.59. The molecule has 112 valence electrons. The van der Waals surface area contributed by atoms with Gasteiger partial charge in [0.05, 0.1) is 26.8 Å². The van der Waals surface area contributed by atoms with E-state index in [0.29, 0.717) is 0 Å². The predicted octanol–water partition coefficient (Wildman–Crippen LogP) is 1.16. The molecule has 0 saturated carbocycles. The van der Waals surface area contributed by atoms with Crippen LogP contribution in [-0.2, 0) is 22.5 Å². The largest absolute Gasteiger partial charge is 0.574 e. The predicted molar refractivity (Wildman–Crippen MR) is 61.1 cm³/mol. The second kappa shape index (κ2) is 6.42. The Balaban J connectivity index is 3.31. The third-order valence-electron chi connectivity index (χ3n) is 2.40. The van der Waals surface area contributed by atoms with Gasteiger partial charge in [-0.2, -0.15) is 0 Å². The molecular weight excluding hydrogens is 281 g/mol. The van der Waals surface area contributed by atoms with Crippen LogP contribution in [0.4, 0.5) is 13.2 Å². The number of esters is 1. The van der Waals surface area contributed by atoms with E-state index in [9.17, 15) is 18.0 Å². The third-order valence-corrected chi connectivity index (χ3v) is 2.40. The molecule has 6 nitrogen and oxygen atoms in total. The van der Waals surface area contributed by atoms with Crippen molar-refractivity contribution in [2.24, 2.45) is 5.73 Å². The minimum atomic E-state index is -4.93. The van der Waals surface area contributed by atoms with Gasteiger partial charge in [0.25, 0.3) is 0 Å². The Morgan fingerprint density at radius 2 is 2.00 bits per heavy atom. The van der Waals surface area contributed by atoms with Gasteiger partial charge >= 0.3 is 12.3 Å². The number of ether oxygens (including phenoxy) is 3. The molecule has 0 spiro atoms. The average Bonchev–Trinajstić information content (AvgIpc) is 2.38. The Labute approximate surface area is 112 Å². The number of pyridine rings is 1. The highest BCUT2D eigenvalue weighted by atomic mass is 19.4. The number of hydrogen-bond acceptors (Lipinski definition) is 6. The van der Waals surface area contributed by atoms with Crippen LogP contribution in [-0.4, -0.2) is 31.5 Å². The van der Waals surface area contributed by atoms with Gasteiger partial charge in [-0.05, 0) is 0 Å². The highest BCUT2D eigenvalue weighted by Crippen LogP contribution is 2.31. The van der Waals surface area contributed by atoms with Crippen molar-refractivity contribution in [1.29, 1.82) is 0 Å². The number of rotatable bonds is 5. The van der Waals surface area contributed by atoms with E-state index in [4.69, 9.17) is 10.5 Å². The Hall–Kier alpha value is -2.03. The van der Waals surface area contributed by atoms with Gasteiger partial charge in [0, 0.05) is 17.7 Å². The molecule has 1 aromatic rings. The molecule has 0 bridgehead atoms. The maximum atomic E-state index is 12.3. The number of carbonyl (C=O) groups excluding carboxylic acids is 1. The van der Waals surface area contributed by atoms with Crippen LogP contribution in [0.3, 0.4) is 0 Å². The van der Waals surface area contributed by atoms with Crippen LogP contribution in [0.1, 0.15) is 11.1 Å². The summed E-state index contributed by atoms with van der Waals surface area (Å²) in [4.78, 5) is 14.8. The smallest absolute Gasteiger partial charge is 0.495 e. The number of methoxy groups -OCH3 is 2. The molecule has 0 aliphatic rings. The molecule has 0 amide bonds. The van der Waals surface area contributed by atoms with E-state index in [1.54, 1.807) is 0 Å². The van der Waals surface area contributed by atoms with Crippen LogP contribution in [0.2, 0.25) is 0 Å². The van der Waals surface area contributed by atoms with Crippen molar-refractivity contribution >= 4 is 5.97 Å². The lowest BCUT2D eigenvalue weighted by molar-refractivity contribution is -0.276. The topological polar surface area (TPSA) is 83.7 Å². The zero-order valence-electron chi connectivity index (χ0n) is 10.8. The summed E-state index contributed by atoms with van der Waals surface area (Å²) in [5, 5.41) is 0. The molecule has 1 aromatic heterocycles. The highest BCUT2D eigenvalue weighted by molar-refractivity contribution is 5.74. The normalized spacial score (nSPS) is 11.1. The Morgan fingerprint density at radius 3 is 2.45 bits per heavy atom. The van der Waals surface area contributed by atoms with E-state index in [0.717, 1.165) is 13.3 Å². The van der Waals surface area contributed by atoms with E-state index >= 15 is 0 Å². The van der Waals surface area contributed by atoms with Gasteiger partial charge in [-0.15, -0.1) is 13.2 Å². The minimum absolute atomic E-state index is 0.115. The van der Waals surface area contributed by atoms with Crippen molar-refractivity contribution in [2.45, 2.75) is 19.3 Å². The summed E-state index contributed by atoms with van der Waals surface area (Å²) in [6.07, 6.45) is -4.35. The standard InChI is InChI=1S/C11H13F3N2O4/c1-18-8-5-16-10(20-11(12,13)14)6(7(8)4-15)3-9(17)19-2/h5H,3-4,15H2,1-2H3. The molecule has 0 unspecified atom stereocenters. The Morgan fingerprint density at radius 1 is 1.35 bits per heavy atom. The second-order valence-corrected chi connectivity index (χ2v) is 3.59. The van der Waals surface area contributed by atoms with Crippen molar-refractivity contribution in [2.75, 3.05) is 14.2 Å². The fourth-order valence-electron chi connectivity index (χ4n) is 1.55. The Kier molecular flexibility index (Phi) is 5.14. The van der Waals surface area contributed by atoms with Gasteiger partial charge in [0.1, 0.15) is 5.75 Å². The zero-order chi connectivity index (χ0) is 15.3. The van der Waals surface area contributed by atoms with Crippen molar-refractivity contribution < 1.29 is 32.2 Å². The average molecular weight is 294 g/mol. The zero-order valence-corrected chi connectivity index (χ0v) is 10.8. The fraction of sp³-hybridized carbons (Fsp3) is 0.455. The first-order chi connectivity index (χ1) is 9.32. The van der Waals surface area contributed by atoms with Crippen molar-refractivity contribution in [3.8, 4) is 11.6 Å². The lowest BCUT2D eigenvalue weighted by Crippen LogP contribution is -2.21. The van der Waals surface area contributed by atoms with E-state index in [-0.39, 0.29) is 23.4 Å². The number of nitrogens with zero attached hydrogens (tertiary/aromatic N) is 1. The first-order valence-corrected chi connectivity index (χ1v) is 5.39. The fourth-order valence-corrected chi connectivity index (χ4v) is 1.55. The lowest BCUT2D eigenvalue weighted by Gasteiger charge is -2.16. The summed E-state index contributed by atoms with van der Waals surface area (Å²) in [6, 6.07) is 0. The van der Waals surface area contributed by atoms with Crippen LogP contribution >= 0.6 is 0 Å². The van der Waals surface area contributed by atoms with Crippen LogP contribution in [0.25, 0.3) is 0 Å². The van der Waals surface area contributed by atoms with Crippen LogP contribution in [0, 0.1) is 0 Å². The van der Waals surface area contributed by atoms with E-state index in [1.807, 2.05) is 0 Å². The molecule has 1 heterocycles. The highest BCUT2D eigenvalue weighted by Gasteiger charge is 2.34. The maximum absolute atomic E-state index is 12.3. The van der Waals surface area contributed by atoms with Crippen molar-refractivity contribution in [3.05, 3.63) is 17.3 Å². The van der Waals surface area contributed by atoms with Gasteiger partial charge in [-0.3, -0.25) is 4.79 Å². The van der Waals surface area contributed by atoms with Gasteiger partial charge in [0.2, 0.25) is 5.88 Å². The van der Waals surface area contributed by atoms with Gasteiger partial charge in [-0.1, -0.05) is 0 Å². The van der Waals surface area contributed by atoms with E-state index in [2.05, 4.69) is 14.5 Å². The third kappa shape index (κ3) is 3.98. The minimum Gasteiger partial charge on any atom is -0.495 e. The molecular formula is C11H13F3N2O4. The SMILES string of the molecule is COC(=O)Cc1c(OC(F)(F)F)ncc(OC)c1CN. The first-order valence-electron chi connectivity index (χ1n) is 5.39. The van der Waals surface area contributed by atoms with Crippen molar-refractivity contribution in [3.63, 3.8) is 0 Å². The number of nitrogens with two attached hydrogens (primary N) is 1. The maximum Gasteiger partial charge on any atom is 0.574 e. The number of aromatic nitrogens is 1. The van der Waals surface area contributed by atoms with Crippen LogP contribution in [0.15, 0.2) is 6.20 Å². The molecule has 2 N–H and O–H groups in total. The monoisotopic (exact) mass is 294 g/mol.